The number of amides is 1. The zero-order valence-electron chi connectivity index (χ0n) is 15.8. The summed E-state index contributed by atoms with van der Waals surface area (Å²) < 4.78 is 5.83. The third-order valence-electron chi connectivity index (χ3n) is 5.05. The molecule has 1 amide bonds. The van der Waals surface area contributed by atoms with Crippen LogP contribution in [0.1, 0.15) is 37.0 Å². The van der Waals surface area contributed by atoms with Crippen molar-refractivity contribution in [3.63, 3.8) is 0 Å². The van der Waals surface area contributed by atoms with Crippen molar-refractivity contribution in [1.29, 1.82) is 0 Å². The average molecular weight is 346 g/mol. The van der Waals surface area contributed by atoms with Crippen molar-refractivity contribution in [3.05, 3.63) is 23.9 Å². The van der Waals surface area contributed by atoms with Gasteiger partial charge in [0, 0.05) is 58.1 Å². The fourth-order valence-electron chi connectivity index (χ4n) is 3.99. The summed E-state index contributed by atoms with van der Waals surface area (Å²) in [5, 5.41) is 0. The van der Waals surface area contributed by atoms with Gasteiger partial charge in [-0.05, 0) is 38.8 Å². The predicted molar refractivity (Wildman–Crippen MR) is 99.1 cm³/mol. The van der Waals surface area contributed by atoms with Gasteiger partial charge < -0.3 is 14.5 Å². The number of hydrogen-bond donors (Lipinski definition) is 0. The molecule has 6 heteroatoms. The normalized spacial score (nSPS) is 27.5. The molecular weight excluding hydrogens is 316 g/mol. The number of aromatic nitrogens is 1. The lowest BCUT2D eigenvalue weighted by molar-refractivity contribution is -0.0715. The molecule has 2 aliphatic heterocycles. The first-order valence-electron chi connectivity index (χ1n) is 9.26. The van der Waals surface area contributed by atoms with Gasteiger partial charge in [0.15, 0.2) is 0 Å². The second-order valence-electron chi connectivity index (χ2n) is 7.57. The largest absolute Gasteiger partial charge is 0.373 e. The number of carbonyl (C=O) groups is 1. The second kappa shape index (κ2) is 7.70. The molecule has 138 valence electrons. The van der Waals surface area contributed by atoms with Crippen molar-refractivity contribution in [2.45, 2.75) is 44.9 Å². The zero-order valence-corrected chi connectivity index (χ0v) is 15.8. The molecule has 2 saturated heterocycles. The Morgan fingerprint density at radius 3 is 2.72 bits per heavy atom. The van der Waals surface area contributed by atoms with Crippen LogP contribution in [-0.2, 0) is 4.74 Å². The van der Waals surface area contributed by atoms with Crippen LogP contribution in [0.25, 0.3) is 0 Å². The Bertz CT molecular complexity index is 597. The monoisotopic (exact) mass is 346 g/mol. The molecule has 0 bridgehead atoms. The highest BCUT2D eigenvalue weighted by molar-refractivity contribution is 5.95. The van der Waals surface area contributed by atoms with E-state index >= 15 is 0 Å². The molecule has 3 rings (SSSR count). The van der Waals surface area contributed by atoms with Crippen LogP contribution in [-0.4, -0.2) is 79.2 Å². The lowest BCUT2D eigenvalue weighted by Crippen LogP contribution is -2.50. The van der Waals surface area contributed by atoms with Crippen molar-refractivity contribution in [3.8, 4) is 0 Å². The van der Waals surface area contributed by atoms with E-state index in [1.807, 2.05) is 31.1 Å². The number of anilines is 1. The fraction of sp³-hybridized carbons (Fsp3) is 0.684. The average Bonchev–Trinajstić information content (AvgIpc) is 3.01. The number of hydrogen-bond acceptors (Lipinski definition) is 5. The van der Waals surface area contributed by atoms with Crippen molar-refractivity contribution >= 4 is 11.7 Å². The van der Waals surface area contributed by atoms with Crippen LogP contribution in [0.4, 0.5) is 5.82 Å². The van der Waals surface area contributed by atoms with Gasteiger partial charge in [-0.15, -0.1) is 0 Å². The first kappa shape index (κ1) is 18.1. The van der Waals surface area contributed by atoms with E-state index in [4.69, 9.17) is 4.74 Å². The highest BCUT2D eigenvalue weighted by atomic mass is 16.5. The van der Waals surface area contributed by atoms with Gasteiger partial charge in [-0.1, -0.05) is 0 Å². The molecule has 25 heavy (non-hydrogen) atoms. The smallest absolute Gasteiger partial charge is 0.254 e. The standard InChI is InChI=1S/C19H30N4O2/c1-14-11-22(12-15(2)25-14)13-17-6-5-9-23(17)19(24)16-7-8-20-18(10-16)21(3)4/h7-8,10,14-15,17H,5-6,9,11-13H2,1-4H3/t14-,15-,17+/m1/s1. The van der Waals surface area contributed by atoms with E-state index in [1.165, 1.54) is 0 Å². The zero-order chi connectivity index (χ0) is 18.0. The van der Waals surface area contributed by atoms with Crippen LogP contribution in [0.15, 0.2) is 18.3 Å². The molecule has 3 atom stereocenters. The van der Waals surface area contributed by atoms with Crippen LogP contribution in [0.2, 0.25) is 0 Å². The molecule has 0 N–H and O–H groups in total. The van der Waals surface area contributed by atoms with Crippen LogP contribution in [0.3, 0.4) is 0 Å². The molecule has 1 aromatic heterocycles. The molecule has 0 saturated carbocycles. The number of nitrogens with zero attached hydrogens (tertiary/aromatic N) is 4. The number of likely N-dealkylation sites (tertiary alicyclic amines) is 1. The van der Waals surface area contributed by atoms with Gasteiger partial charge in [-0.25, -0.2) is 4.98 Å². The molecule has 2 aliphatic rings. The summed E-state index contributed by atoms with van der Waals surface area (Å²) in [7, 11) is 3.88. The third kappa shape index (κ3) is 4.30. The highest BCUT2D eigenvalue weighted by Crippen LogP contribution is 2.23. The van der Waals surface area contributed by atoms with Crippen molar-refractivity contribution in [1.82, 2.24) is 14.8 Å². The number of rotatable bonds is 4. The summed E-state index contributed by atoms with van der Waals surface area (Å²) in [6.07, 6.45) is 4.41. The van der Waals surface area contributed by atoms with Crippen LogP contribution in [0, 0.1) is 0 Å². The quantitative estimate of drug-likeness (QED) is 0.833. The molecule has 0 spiro atoms. The topological polar surface area (TPSA) is 48.9 Å². The number of carbonyl (C=O) groups excluding carboxylic acids is 1. The number of pyridine rings is 1. The molecular formula is C19H30N4O2. The minimum absolute atomic E-state index is 0.127. The lowest BCUT2D eigenvalue weighted by Gasteiger charge is -2.38. The SMILES string of the molecule is C[C@@H]1CN(C[C@@H]2CCCN2C(=O)c2ccnc(N(C)C)c2)C[C@@H](C)O1. The molecule has 0 radical (unpaired) electrons. The Morgan fingerprint density at radius 2 is 2.04 bits per heavy atom. The van der Waals surface area contributed by atoms with E-state index in [1.54, 1.807) is 6.20 Å². The Morgan fingerprint density at radius 1 is 1.32 bits per heavy atom. The maximum absolute atomic E-state index is 13.0. The van der Waals surface area contributed by atoms with Crippen LogP contribution < -0.4 is 4.90 Å². The van der Waals surface area contributed by atoms with Gasteiger partial charge >= 0.3 is 0 Å². The predicted octanol–water partition coefficient (Wildman–Crippen LogP) is 1.86. The second-order valence-corrected chi connectivity index (χ2v) is 7.57. The molecule has 0 aromatic carbocycles. The first-order chi connectivity index (χ1) is 11.9. The summed E-state index contributed by atoms with van der Waals surface area (Å²) in [5.74, 6) is 0.944. The summed E-state index contributed by atoms with van der Waals surface area (Å²) in [6, 6.07) is 4.00. The van der Waals surface area contributed by atoms with E-state index in [2.05, 4.69) is 28.6 Å². The molecule has 2 fully saturated rings. The van der Waals surface area contributed by atoms with Gasteiger partial charge in [0.2, 0.25) is 0 Å². The van der Waals surface area contributed by atoms with Gasteiger partial charge in [0.05, 0.1) is 12.2 Å². The molecule has 0 unspecified atom stereocenters. The molecule has 6 nitrogen and oxygen atoms in total. The first-order valence-corrected chi connectivity index (χ1v) is 9.26. The van der Waals surface area contributed by atoms with E-state index in [0.717, 1.165) is 50.4 Å². The maximum Gasteiger partial charge on any atom is 0.254 e. The summed E-state index contributed by atoms with van der Waals surface area (Å²) in [4.78, 5) is 23.8. The van der Waals surface area contributed by atoms with Crippen molar-refractivity contribution in [2.75, 3.05) is 45.2 Å². The van der Waals surface area contributed by atoms with Crippen molar-refractivity contribution < 1.29 is 9.53 Å². The van der Waals surface area contributed by atoms with Gasteiger partial charge in [-0.2, -0.15) is 0 Å². The maximum atomic E-state index is 13.0. The van der Waals surface area contributed by atoms with Gasteiger partial charge in [0.1, 0.15) is 5.82 Å². The van der Waals surface area contributed by atoms with Crippen LogP contribution in [0.5, 0.6) is 0 Å². The Hall–Kier alpha value is -1.66. The molecule has 3 heterocycles. The Kier molecular flexibility index (Phi) is 5.59. The fourth-order valence-corrected chi connectivity index (χ4v) is 3.99. The highest BCUT2D eigenvalue weighted by Gasteiger charge is 2.33. The third-order valence-corrected chi connectivity index (χ3v) is 5.05. The van der Waals surface area contributed by atoms with E-state index in [9.17, 15) is 4.79 Å². The van der Waals surface area contributed by atoms with Crippen LogP contribution >= 0.6 is 0 Å². The summed E-state index contributed by atoms with van der Waals surface area (Å²) in [6.45, 7) is 7.93. The van der Waals surface area contributed by atoms with E-state index in [-0.39, 0.29) is 18.1 Å². The van der Waals surface area contributed by atoms with Gasteiger partial charge in [-0.3, -0.25) is 9.69 Å². The number of ether oxygens (including phenoxy) is 1. The summed E-state index contributed by atoms with van der Waals surface area (Å²) in [5.41, 5.74) is 0.731. The molecule has 1 aromatic rings. The van der Waals surface area contributed by atoms with E-state index < -0.39 is 0 Å². The lowest BCUT2D eigenvalue weighted by atomic mass is 10.1. The number of morpholine rings is 1. The molecule has 0 aliphatic carbocycles. The van der Waals surface area contributed by atoms with E-state index in [0.29, 0.717) is 6.04 Å². The van der Waals surface area contributed by atoms with Crippen molar-refractivity contribution in [2.24, 2.45) is 0 Å². The van der Waals surface area contributed by atoms with Gasteiger partial charge in [0.25, 0.3) is 5.91 Å². The summed E-state index contributed by atoms with van der Waals surface area (Å²) >= 11 is 0. The minimum Gasteiger partial charge on any atom is -0.373 e. The Balaban J connectivity index is 1.68. The minimum atomic E-state index is 0.127. The Labute approximate surface area is 150 Å².